The van der Waals surface area contributed by atoms with Gasteiger partial charge < -0.3 is 4.90 Å². The summed E-state index contributed by atoms with van der Waals surface area (Å²) in [5.41, 5.74) is 3.39. The van der Waals surface area contributed by atoms with Crippen LogP contribution in [-0.2, 0) is 0 Å². The van der Waals surface area contributed by atoms with Crippen LogP contribution in [0, 0.1) is 11.8 Å². The van der Waals surface area contributed by atoms with Crippen LogP contribution in [0.5, 0.6) is 0 Å². The Hall–Kier alpha value is -1.53. The first-order chi connectivity index (χ1) is 10.3. The summed E-state index contributed by atoms with van der Waals surface area (Å²) in [4.78, 5) is 2.33. The van der Waals surface area contributed by atoms with Crippen LogP contribution in [-0.4, -0.2) is 35.2 Å². The van der Waals surface area contributed by atoms with Crippen LogP contribution >= 0.6 is 0 Å². The number of hydrogen-bond acceptors (Lipinski definition) is 2. The van der Waals surface area contributed by atoms with Crippen molar-refractivity contribution in [2.24, 2.45) is 0 Å². The molecule has 0 spiro atoms. The summed E-state index contributed by atoms with van der Waals surface area (Å²) in [5.74, 6) is 6.60. The van der Waals surface area contributed by atoms with Crippen molar-refractivity contribution in [3.63, 3.8) is 0 Å². The van der Waals surface area contributed by atoms with Crippen LogP contribution < -0.4 is 0 Å². The number of nitrogens with one attached hydrogen (secondary N) is 1. The van der Waals surface area contributed by atoms with E-state index in [1.165, 1.54) is 37.7 Å². The minimum atomic E-state index is 0.969. The van der Waals surface area contributed by atoms with Crippen molar-refractivity contribution < 1.29 is 0 Å². The average molecular weight is 285 g/mol. The summed E-state index contributed by atoms with van der Waals surface area (Å²) in [5, 5.41) is 7.36. The number of H-pyrrole nitrogens is 1. The molecule has 0 aromatic carbocycles. The van der Waals surface area contributed by atoms with E-state index in [0.717, 1.165) is 37.2 Å². The second-order valence-electron chi connectivity index (χ2n) is 5.87. The van der Waals surface area contributed by atoms with Gasteiger partial charge in [0.25, 0.3) is 0 Å². The summed E-state index contributed by atoms with van der Waals surface area (Å²) in [6, 6.07) is 0. The highest BCUT2D eigenvalue weighted by molar-refractivity contribution is 5.69. The fraction of sp³-hybridized carbons (Fsp3) is 0.611. The van der Waals surface area contributed by atoms with Crippen LogP contribution in [0.3, 0.4) is 0 Å². The number of unbranched alkanes of at least 4 members (excludes halogenated alkanes) is 5. The molecule has 0 radical (unpaired) electrons. The van der Waals surface area contributed by atoms with Gasteiger partial charge in [0.15, 0.2) is 0 Å². The predicted octanol–water partition coefficient (Wildman–Crippen LogP) is 3.84. The highest BCUT2D eigenvalue weighted by Gasteiger charge is 2.14. The number of likely N-dealkylation sites (N-methyl/N-ethyl adjacent to an activating group) is 1. The van der Waals surface area contributed by atoms with Gasteiger partial charge in [0.1, 0.15) is 5.69 Å². The Bertz CT molecular complexity index is 516. The second kappa shape index (κ2) is 8.69. The molecule has 1 aliphatic rings. The Morgan fingerprint density at radius 2 is 2.14 bits per heavy atom. The maximum Gasteiger partial charge on any atom is 0.105 e. The van der Waals surface area contributed by atoms with Crippen molar-refractivity contribution in [2.45, 2.75) is 51.9 Å². The van der Waals surface area contributed by atoms with E-state index in [-0.39, 0.29) is 0 Å². The molecule has 0 atom stereocenters. The van der Waals surface area contributed by atoms with Gasteiger partial charge in [-0.15, -0.1) is 0 Å². The lowest BCUT2D eigenvalue weighted by Gasteiger charge is -2.21. The van der Waals surface area contributed by atoms with Gasteiger partial charge in [0, 0.05) is 25.7 Å². The van der Waals surface area contributed by atoms with E-state index in [0.29, 0.717) is 0 Å². The van der Waals surface area contributed by atoms with E-state index < -0.39 is 0 Å². The number of hydrogen-bond donors (Lipinski definition) is 1. The standard InChI is InChI=1S/C18H27N3/c1-3-4-5-6-7-8-9-11-16-14-19-20-18(16)17-12-10-13-21(2)15-17/h12,14H,3-8,10,13,15H2,1-2H3,(H,19,20). The van der Waals surface area contributed by atoms with E-state index in [4.69, 9.17) is 0 Å². The van der Waals surface area contributed by atoms with Gasteiger partial charge in [-0.25, -0.2) is 0 Å². The fourth-order valence-corrected chi connectivity index (χ4v) is 2.67. The zero-order chi connectivity index (χ0) is 14.9. The average Bonchev–Trinajstić information content (AvgIpc) is 2.95. The predicted molar refractivity (Wildman–Crippen MR) is 88.9 cm³/mol. The molecule has 0 saturated heterocycles. The number of aromatic amines is 1. The lowest BCUT2D eigenvalue weighted by atomic mass is 10.0. The van der Waals surface area contributed by atoms with Crippen LogP contribution in [0.15, 0.2) is 12.3 Å². The monoisotopic (exact) mass is 285 g/mol. The van der Waals surface area contributed by atoms with Crippen molar-refractivity contribution in [3.8, 4) is 11.8 Å². The van der Waals surface area contributed by atoms with Gasteiger partial charge in [0.2, 0.25) is 0 Å². The minimum absolute atomic E-state index is 0.969. The molecule has 0 amide bonds. The van der Waals surface area contributed by atoms with Crippen LogP contribution in [0.4, 0.5) is 0 Å². The first-order valence-corrected chi connectivity index (χ1v) is 8.22. The summed E-state index contributed by atoms with van der Waals surface area (Å²) in [6.45, 7) is 4.35. The highest BCUT2D eigenvalue weighted by atomic mass is 15.1. The van der Waals surface area contributed by atoms with E-state index in [2.05, 4.69) is 47.0 Å². The number of aromatic nitrogens is 2. The zero-order valence-corrected chi connectivity index (χ0v) is 13.4. The number of nitrogens with zero attached hydrogens (tertiary/aromatic N) is 2. The third-order valence-corrected chi connectivity index (χ3v) is 3.91. The Labute approximate surface area is 128 Å². The van der Waals surface area contributed by atoms with E-state index in [9.17, 15) is 0 Å². The maximum atomic E-state index is 4.39. The summed E-state index contributed by atoms with van der Waals surface area (Å²) >= 11 is 0. The first-order valence-electron chi connectivity index (χ1n) is 8.22. The molecule has 3 nitrogen and oxygen atoms in total. The molecule has 0 bridgehead atoms. The van der Waals surface area contributed by atoms with Crippen LogP contribution in [0.1, 0.15) is 63.1 Å². The van der Waals surface area contributed by atoms with Gasteiger partial charge >= 0.3 is 0 Å². The molecule has 3 heteroatoms. The lowest BCUT2D eigenvalue weighted by Crippen LogP contribution is -2.25. The number of rotatable bonds is 6. The molecule has 2 rings (SSSR count). The lowest BCUT2D eigenvalue weighted by molar-refractivity contribution is 0.372. The second-order valence-corrected chi connectivity index (χ2v) is 5.87. The quantitative estimate of drug-likeness (QED) is 0.636. The van der Waals surface area contributed by atoms with E-state index in [1.54, 1.807) is 0 Å². The Morgan fingerprint density at radius 1 is 1.29 bits per heavy atom. The topological polar surface area (TPSA) is 31.9 Å². The van der Waals surface area contributed by atoms with E-state index >= 15 is 0 Å². The molecule has 1 N–H and O–H groups in total. The normalized spacial score (nSPS) is 15.4. The molecule has 2 heterocycles. The van der Waals surface area contributed by atoms with Crippen LogP contribution in [0.2, 0.25) is 0 Å². The molecular weight excluding hydrogens is 258 g/mol. The molecule has 0 unspecified atom stereocenters. The third kappa shape index (κ3) is 5.06. The minimum Gasteiger partial charge on any atom is -0.302 e. The van der Waals surface area contributed by atoms with Gasteiger partial charge in [-0.3, -0.25) is 5.10 Å². The van der Waals surface area contributed by atoms with Crippen molar-refractivity contribution in [3.05, 3.63) is 23.5 Å². The molecule has 1 aromatic rings. The fourth-order valence-electron chi connectivity index (χ4n) is 2.67. The smallest absolute Gasteiger partial charge is 0.105 e. The van der Waals surface area contributed by atoms with Gasteiger partial charge in [0.05, 0.1) is 5.56 Å². The molecular formula is C18H27N3. The Balaban J connectivity index is 1.88. The zero-order valence-electron chi connectivity index (χ0n) is 13.4. The Kier molecular flexibility index (Phi) is 6.56. The molecule has 0 saturated carbocycles. The highest BCUT2D eigenvalue weighted by Crippen LogP contribution is 2.20. The van der Waals surface area contributed by atoms with E-state index in [1.807, 2.05) is 6.20 Å². The summed E-state index contributed by atoms with van der Waals surface area (Å²) < 4.78 is 0. The van der Waals surface area contributed by atoms with Gasteiger partial charge in [-0.05, 0) is 25.5 Å². The van der Waals surface area contributed by atoms with Crippen molar-refractivity contribution in [2.75, 3.05) is 20.1 Å². The molecule has 1 aromatic heterocycles. The van der Waals surface area contributed by atoms with Crippen molar-refractivity contribution >= 4 is 5.57 Å². The van der Waals surface area contributed by atoms with Crippen molar-refractivity contribution in [1.29, 1.82) is 0 Å². The third-order valence-electron chi connectivity index (χ3n) is 3.91. The molecule has 1 aliphatic heterocycles. The van der Waals surface area contributed by atoms with Crippen molar-refractivity contribution in [1.82, 2.24) is 15.1 Å². The molecule has 0 aliphatic carbocycles. The van der Waals surface area contributed by atoms with Gasteiger partial charge in [-0.1, -0.05) is 50.5 Å². The largest absolute Gasteiger partial charge is 0.302 e. The summed E-state index contributed by atoms with van der Waals surface area (Å²) in [7, 11) is 2.15. The maximum absolute atomic E-state index is 4.39. The summed E-state index contributed by atoms with van der Waals surface area (Å²) in [6.07, 6.45) is 12.8. The Morgan fingerprint density at radius 3 is 2.95 bits per heavy atom. The SMILES string of the molecule is CCCCCCCC#Cc1c[nH]nc1C1=CCCN(C)C1. The van der Waals surface area contributed by atoms with Crippen LogP contribution in [0.25, 0.3) is 5.57 Å². The molecule has 114 valence electrons. The molecule has 21 heavy (non-hydrogen) atoms. The van der Waals surface area contributed by atoms with Gasteiger partial charge in [-0.2, -0.15) is 5.10 Å². The first kappa shape index (κ1) is 15.9. The molecule has 0 fully saturated rings.